The number of aromatic nitrogens is 3. The van der Waals surface area contributed by atoms with E-state index in [9.17, 15) is 4.79 Å². The van der Waals surface area contributed by atoms with E-state index < -0.39 is 0 Å². The molecule has 0 spiro atoms. The minimum Gasteiger partial charge on any atom is -0.473 e. The van der Waals surface area contributed by atoms with Crippen molar-refractivity contribution in [3.8, 4) is 5.88 Å². The van der Waals surface area contributed by atoms with Crippen molar-refractivity contribution in [1.29, 1.82) is 0 Å². The van der Waals surface area contributed by atoms with Crippen molar-refractivity contribution in [2.45, 2.75) is 38.4 Å². The highest BCUT2D eigenvalue weighted by Crippen LogP contribution is 2.32. The summed E-state index contributed by atoms with van der Waals surface area (Å²) in [7, 11) is 1.87. The van der Waals surface area contributed by atoms with Crippen molar-refractivity contribution >= 4 is 22.5 Å². The van der Waals surface area contributed by atoms with Crippen LogP contribution in [0.4, 0.5) is 5.69 Å². The second-order valence-corrected chi connectivity index (χ2v) is 7.67. The maximum Gasteiger partial charge on any atom is 0.274 e. The molecule has 1 N–H and O–H groups in total. The number of aryl methyl sites for hydroxylation is 1. The van der Waals surface area contributed by atoms with Crippen molar-refractivity contribution in [1.82, 2.24) is 14.8 Å². The molecule has 28 heavy (non-hydrogen) atoms. The number of hydrogen-bond acceptors (Lipinski definition) is 5. The van der Waals surface area contributed by atoms with Gasteiger partial charge < -0.3 is 14.8 Å². The molecule has 3 aromatic rings. The average Bonchev–Trinajstić information content (AvgIpc) is 2.97. The topological polar surface area (TPSA) is 78.3 Å². The van der Waals surface area contributed by atoms with E-state index in [4.69, 9.17) is 9.47 Å². The highest BCUT2D eigenvalue weighted by molar-refractivity contribution is 6.03. The van der Waals surface area contributed by atoms with E-state index in [2.05, 4.69) is 29.2 Å². The lowest BCUT2D eigenvalue weighted by molar-refractivity contribution is -0.0902. The van der Waals surface area contributed by atoms with Gasteiger partial charge in [0.1, 0.15) is 11.8 Å². The number of nitrogens with one attached hydrogen (secondary N) is 1. The summed E-state index contributed by atoms with van der Waals surface area (Å²) >= 11 is 0. The average molecular weight is 380 g/mol. The molecule has 1 fully saturated rings. The molecule has 0 saturated carbocycles. The first-order valence-corrected chi connectivity index (χ1v) is 9.41. The van der Waals surface area contributed by atoms with Crippen molar-refractivity contribution in [2.24, 2.45) is 7.05 Å². The monoisotopic (exact) mass is 380 g/mol. The van der Waals surface area contributed by atoms with Crippen LogP contribution in [0.2, 0.25) is 0 Å². The lowest BCUT2D eigenvalue weighted by atomic mass is 9.96. The molecule has 0 aliphatic carbocycles. The van der Waals surface area contributed by atoms with E-state index >= 15 is 0 Å². The predicted molar refractivity (Wildman–Crippen MR) is 107 cm³/mol. The third-order valence-electron chi connectivity index (χ3n) is 4.90. The van der Waals surface area contributed by atoms with Crippen molar-refractivity contribution in [3.05, 3.63) is 48.3 Å². The van der Waals surface area contributed by atoms with Gasteiger partial charge in [-0.25, -0.2) is 0 Å². The number of anilines is 1. The molecule has 1 aliphatic heterocycles. The normalized spacial score (nSPS) is 18.8. The Morgan fingerprint density at radius 3 is 2.93 bits per heavy atom. The fourth-order valence-corrected chi connectivity index (χ4v) is 3.52. The van der Waals surface area contributed by atoms with Crippen molar-refractivity contribution in [3.63, 3.8) is 0 Å². The summed E-state index contributed by atoms with van der Waals surface area (Å²) in [6.45, 7) is 4.84. The Labute approximate surface area is 163 Å². The third-order valence-corrected chi connectivity index (χ3v) is 4.90. The number of carbonyl (C=O) groups excluding carboxylic acids is 1. The Hall–Kier alpha value is -2.93. The Bertz CT molecular complexity index is 998. The molecule has 0 radical (unpaired) electrons. The zero-order valence-corrected chi connectivity index (χ0v) is 16.3. The van der Waals surface area contributed by atoms with Crippen molar-refractivity contribution < 1.29 is 14.3 Å². The molecule has 1 saturated heterocycles. The van der Waals surface area contributed by atoms with Gasteiger partial charge in [0.25, 0.3) is 5.91 Å². The van der Waals surface area contributed by atoms with Crippen LogP contribution < -0.4 is 10.1 Å². The molecule has 2 aromatic heterocycles. The van der Waals surface area contributed by atoms with Crippen LogP contribution in [0, 0.1) is 0 Å². The number of benzene rings is 1. The standard InChI is InChI=1S/C21H24N4O3/c1-21(2)13-15(9-11-27-21)28-20-16-8-7-14(12-18(16)25(3)24-20)23-19(26)17-6-4-5-10-22-17/h4-8,10,12,15H,9,11,13H2,1-3H3,(H,23,26). The molecule has 1 unspecified atom stereocenters. The molecule has 4 rings (SSSR count). The third kappa shape index (κ3) is 3.84. The van der Waals surface area contributed by atoms with Crippen molar-refractivity contribution in [2.75, 3.05) is 11.9 Å². The first kappa shape index (κ1) is 18.4. The SMILES string of the molecule is Cn1nc(OC2CCOC(C)(C)C2)c2ccc(NC(=O)c3ccccn3)cc21. The molecule has 1 aromatic carbocycles. The van der Waals surface area contributed by atoms with Gasteiger partial charge in [0.05, 0.1) is 23.1 Å². The zero-order chi connectivity index (χ0) is 19.7. The van der Waals surface area contributed by atoms with Crippen LogP contribution in [0.15, 0.2) is 42.6 Å². The van der Waals surface area contributed by atoms with E-state index in [1.807, 2.05) is 25.2 Å². The molecular weight excluding hydrogens is 356 g/mol. The van der Waals surface area contributed by atoms with Gasteiger partial charge in [-0.05, 0) is 44.2 Å². The van der Waals surface area contributed by atoms with Gasteiger partial charge in [0.2, 0.25) is 5.88 Å². The Balaban J connectivity index is 1.54. The Kier molecular flexibility index (Phi) is 4.77. The van der Waals surface area contributed by atoms with Crippen LogP contribution >= 0.6 is 0 Å². The quantitative estimate of drug-likeness (QED) is 0.749. The second kappa shape index (κ2) is 7.24. The molecule has 1 atom stereocenters. The van der Waals surface area contributed by atoms with E-state index in [0.717, 1.165) is 23.7 Å². The molecule has 1 amide bonds. The zero-order valence-electron chi connectivity index (χ0n) is 16.3. The van der Waals surface area contributed by atoms with Gasteiger partial charge in [0, 0.05) is 31.8 Å². The largest absolute Gasteiger partial charge is 0.473 e. The summed E-state index contributed by atoms with van der Waals surface area (Å²) in [5.74, 6) is 0.367. The highest BCUT2D eigenvalue weighted by Gasteiger charge is 2.31. The Morgan fingerprint density at radius 1 is 1.32 bits per heavy atom. The van der Waals surface area contributed by atoms with Crippen LogP contribution in [0.5, 0.6) is 5.88 Å². The highest BCUT2D eigenvalue weighted by atomic mass is 16.5. The molecule has 7 nitrogen and oxygen atoms in total. The summed E-state index contributed by atoms with van der Waals surface area (Å²) in [4.78, 5) is 16.4. The number of fused-ring (bicyclic) bond motifs is 1. The maximum absolute atomic E-state index is 12.3. The summed E-state index contributed by atoms with van der Waals surface area (Å²) in [5, 5.41) is 8.34. The molecule has 0 bridgehead atoms. The summed E-state index contributed by atoms with van der Waals surface area (Å²) in [6.07, 6.45) is 3.34. The molecule has 1 aliphatic rings. The van der Waals surface area contributed by atoms with Gasteiger partial charge >= 0.3 is 0 Å². The number of hydrogen-bond donors (Lipinski definition) is 1. The summed E-state index contributed by atoms with van der Waals surface area (Å²) in [5.41, 5.74) is 1.76. The number of rotatable bonds is 4. The number of nitrogens with zero attached hydrogens (tertiary/aromatic N) is 3. The molecule has 3 heterocycles. The van der Waals surface area contributed by atoms with Crippen LogP contribution in [0.3, 0.4) is 0 Å². The van der Waals surface area contributed by atoms with Crippen LogP contribution in [-0.4, -0.2) is 39.0 Å². The number of amides is 1. The van der Waals surface area contributed by atoms with Gasteiger partial charge in [0.15, 0.2) is 0 Å². The van der Waals surface area contributed by atoms with E-state index in [0.29, 0.717) is 23.9 Å². The van der Waals surface area contributed by atoms with E-state index in [-0.39, 0.29) is 17.6 Å². The van der Waals surface area contributed by atoms with Gasteiger partial charge in [-0.2, -0.15) is 0 Å². The molecular formula is C21H24N4O3. The minimum absolute atomic E-state index is 0.0744. The fraction of sp³-hybridized carbons (Fsp3) is 0.381. The van der Waals surface area contributed by atoms with Gasteiger partial charge in [-0.3, -0.25) is 14.5 Å². The first-order chi connectivity index (χ1) is 13.4. The van der Waals surface area contributed by atoms with Crippen LogP contribution in [0.25, 0.3) is 10.9 Å². The smallest absolute Gasteiger partial charge is 0.274 e. The first-order valence-electron chi connectivity index (χ1n) is 9.41. The second-order valence-electron chi connectivity index (χ2n) is 7.67. The summed E-state index contributed by atoms with van der Waals surface area (Å²) in [6, 6.07) is 10.9. The number of pyridine rings is 1. The Morgan fingerprint density at radius 2 is 2.18 bits per heavy atom. The van der Waals surface area contributed by atoms with Gasteiger partial charge in [-0.1, -0.05) is 6.07 Å². The predicted octanol–water partition coefficient (Wildman–Crippen LogP) is 3.56. The van der Waals surface area contributed by atoms with E-state index in [1.165, 1.54) is 0 Å². The van der Waals surface area contributed by atoms with Crippen LogP contribution in [0.1, 0.15) is 37.2 Å². The maximum atomic E-state index is 12.3. The molecule has 146 valence electrons. The minimum atomic E-state index is -0.247. The molecule has 7 heteroatoms. The number of ether oxygens (including phenoxy) is 2. The van der Waals surface area contributed by atoms with E-state index in [1.54, 1.807) is 29.1 Å². The lowest BCUT2D eigenvalue weighted by Gasteiger charge is -2.35. The summed E-state index contributed by atoms with van der Waals surface area (Å²) < 4.78 is 13.7. The number of carbonyl (C=O) groups is 1. The fourth-order valence-electron chi connectivity index (χ4n) is 3.52. The lowest BCUT2D eigenvalue weighted by Crippen LogP contribution is -2.39. The van der Waals surface area contributed by atoms with Crippen LogP contribution in [-0.2, 0) is 11.8 Å². The van der Waals surface area contributed by atoms with Gasteiger partial charge in [-0.15, -0.1) is 5.10 Å².